The third kappa shape index (κ3) is 13.2. The van der Waals surface area contributed by atoms with Crippen LogP contribution in [-0.4, -0.2) is 4.21 Å². The molecule has 0 heterocycles. The van der Waals surface area contributed by atoms with E-state index in [1.807, 2.05) is 24.3 Å². The molecule has 0 N–H and O–H groups in total. The smallest absolute Gasteiger partial charge is 0.358 e. The zero-order valence-corrected chi connectivity index (χ0v) is 39.4. The molecule has 1 unspecified atom stereocenters. The third-order valence-corrected chi connectivity index (χ3v) is 9.51. The molecule has 0 aliphatic heterocycles. The Morgan fingerprint density at radius 1 is 0.636 bits per heavy atom. The van der Waals surface area contributed by atoms with Gasteiger partial charge < -0.3 is 7.43 Å². The maximum atomic E-state index is 3.88. The van der Waals surface area contributed by atoms with Gasteiger partial charge in [-0.05, 0) is 39.5 Å². The fourth-order valence-corrected chi connectivity index (χ4v) is 6.63. The summed E-state index contributed by atoms with van der Waals surface area (Å²) in [7, 11) is 0. The molecular weight excluding hydrogens is 787 g/mol. The van der Waals surface area contributed by atoms with Crippen molar-refractivity contribution in [1.82, 2.24) is 0 Å². The normalized spacial score (nSPS) is 13.6. The standard InChI is InChI=1S/C33H33.C10H15.C7H7.CH3.CH2.2ClH.Zr/c1-32(2,3)30-20-26-24(18-28(30)22-13-9-7-10-14-22)17-25-19-29(23-15-11-8-12-16-23)31(21-27(25)26)33(4,5)6;1-8-5-6-9(7-8)10(2,3)4;1-7-5-3-2-4-6-7;;;;;/h7-16,18,20-21H,17H2,1-6H3;6-8H,1-4H3;3-6H,1H3;1H3;1H2;2*1H;/q4*-1;;;;. The fraction of sp³-hybridized carbons (Fsp3) is 0.308. The molecule has 5 aromatic carbocycles. The van der Waals surface area contributed by atoms with E-state index in [-0.39, 0.29) is 43.1 Å². The van der Waals surface area contributed by atoms with Crippen LogP contribution in [0.2, 0.25) is 0 Å². The maximum absolute atomic E-state index is 3.88. The van der Waals surface area contributed by atoms with E-state index in [0.717, 1.165) is 6.42 Å². The Morgan fingerprint density at radius 3 is 1.56 bits per heavy atom. The molecule has 0 saturated carbocycles. The van der Waals surface area contributed by atoms with E-state index in [1.54, 1.807) is 0 Å². The average Bonchev–Trinajstić information content (AvgIpc) is 3.72. The molecule has 0 amide bonds. The Morgan fingerprint density at radius 2 is 1.15 bits per heavy atom. The summed E-state index contributed by atoms with van der Waals surface area (Å²) in [5.41, 5.74) is 16.5. The first kappa shape index (κ1) is 49.9. The van der Waals surface area contributed by atoms with E-state index in [2.05, 4.69) is 190 Å². The van der Waals surface area contributed by atoms with E-state index in [0.29, 0.717) is 11.3 Å². The molecule has 5 aromatic rings. The van der Waals surface area contributed by atoms with Gasteiger partial charge in [0.15, 0.2) is 0 Å². The summed E-state index contributed by atoms with van der Waals surface area (Å²) in [5.74, 6) is 0.522. The number of rotatable bonds is 2. The van der Waals surface area contributed by atoms with Gasteiger partial charge in [-0.15, -0.1) is 53.6 Å². The summed E-state index contributed by atoms with van der Waals surface area (Å²) in [6.45, 7) is 24.8. The van der Waals surface area contributed by atoms with E-state index in [1.165, 1.54) is 91.0 Å². The second kappa shape index (κ2) is 21.4. The van der Waals surface area contributed by atoms with Gasteiger partial charge in [0.05, 0.1) is 0 Å². The quantitative estimate of drug-likeness (QED) is 0.152. The van der Waals surface area contributed by atoms with Crippen molar-refractivity contribution in [2.75, 3.05) is 0 Å². The summed E-state index contributed by atoms with van der Waals surface area (Å²) in [5, 5.41) is 0. The van der Waals surface area contributed by atoms with Crippen molar-refractivity contribution in [3.05, 3.63) is 174 Å². The molecule has 7 rings (SSSR count). The minimum Gasteiger partial charge on any atom is -0.358 e. The van der Waals surface area contributed by atoms with E-state index >= 15 is 0 Å². The van der Waals surface area contributed by atoms with Crippen LogP contribution >= 0.6 is 24.8 Å². The van der Waals surface area contributed by atoms with E-state index in [9.17, 15) is 0 Å². The van der Waals surface area contributed by atoms with Gasteiger partial charge in [0, 0.05) is 0 Å². The molecule has 1 atom stereocenters. The van der Waals surface area contributed by atoms with Gasteiger partial charge in [0.2, 0.25) is 0 Å². The summed E-state index contributed by atoms with van der Waals surface area (Å²) in [4.78, 5) is 0. The Kier molecular flexibility index (Phi) is 19.5. The first-order valence-electron chi connectivity index (χ1n) is 18.5. The molecule has 0 radical (unpaired) electrons. The van der Waals surface area contributed by atoms with Crippen LogP contribution in [-0.2, 0) is 41.5 Å². The number of halogens is 2. The van der Waals surface area contributed by atoms with Gasteiger partial charge in [-0.1, -0.05) is 177 Å². The van der Waals surface area contributed by atoms with Crippen LogP contribution in [0.3, 0.4) is 0 Å². The van der Waals surface area contributed by atoms with Crippen molar-refractivity contribution in [3.8, 4) is 33.4 Å². The van der Waals surface area contributed by atoms with Crippen LogP contribution in [0.5, 0.6) is 0 Å². The molecule has 0 aromatic heterocycles. The van der Waals surface area contributed by atoms with Crippen molar-refractivity contribution < 1.29 is 24.2 Å². The zero-order valence-electron chi connectivity index (χ0n) is 35.3. The second-order valence-electron chi connectivity index (χ2n) is 17.0. The summed E-state index contributed by atoms with van der Waals surface area (Å²) >= 11 is 1.30. The molecular formula is C52H62Cl2Zr-4. The van der Waals surface area contributed by atoms with Crippen molar-refractivity contribution in [2.45, 2.75) is 93.4 Å². The van der Waals surface area contributed by atoms with Crippen molar-refractivity contribution in [1.29, 1.82) is 0 Å². The van der Waals surface area contributed by atoms with Crippen LogP contribution in [0, 0.1) is 43.9 Å². The summed E-state index contributed by atoms with van der Waals surface area (Å²) in [6, 6.07) is 43.6. The molecule has 3 heteroatoms. The number of fused-ring (bicyclic) bond motifs is 3. The SMILES string of the molecule is CC(C)(C)c1cc2c([c-]c1-c1ccccc1)Cc1cc(-c3ccccc3)c(C(C)(C)C)cc1-2.CC1[C-]=CC(C(C)(C)C)=C1.Cc1cc[c-]cc1.Cl.Cl.[CH2]=[Zr].[CH3-]. The summed E-state index contributed by atoms with van der Waals surface area (Å²) in [6.07, 6.45) is 8.60. The van der Waals surface area contributed by atoms with Crippen molar-refractivity contribution in [3.63, 3.8) is 0 Å². The van der Waals surface area contributed by atoms with Gasteiger partial charge in [-0.25, -0.2) is 6.08 Å². The number of benzene rings is 5. The van der Waals surface area contributed by atoms with Crippen LogP contribution in [0.25, 0.3) is 33.4 Å². The molecule has 0 saturated heterocycles. The number of aryl methyl sites for hydroxylation is 1. The van der Waals surface area contributed by atoms with E-state index < -0.39 is 0 Å². The van der Waals surface area contributed by atoms with Gasteiger partial charge in [-0.3, -0.25) is 6.08 Å². The average molecular weight is 849 g/mol. The maximum Gasteiger partial charge on any atom is -0.358 e. The molecule has 0 nitrogen and oxygen atoms in total. The minimum atomic E-state index is 0. The van der Waals surface area contributed by atoms with E-state index in [4.69, 9.17) is 0 Å². The van der Waals surface area contributed by atoms with Crippen LogP contribution in [0.1, 0.15) is 97.1 Å². The number of hydrogen-bond donors (Lipinski definition) is 0. The topological polar surface area (TPSA) is 0 Å². The Hall–Kier alpha value is -3.09. The van der Waals surface area contributed by atoms with Crippen LogP contribution in [0.4, 0.5) is 0 Å². The molecule has 0 bridgehead atoms. The van der Waals surface area contributed by atoms with Gasteiger partial charge >= 0.3 is 28.4 Å². The molecule has 55 heavy (non-hydrogen) atoms. The van der Waals surface area contributed by atoms with Gasteiger partial charge in [0.25, 0.3) is 0 Å². The van der Waals surface area contributed by atoms with Gasteiger partial charge in [-0.2, -0.15) is 47.5 Å². The fourth-order valence-electron chi connectivity index (χ4n) is 6.63. The predicted molar refractivity (Wildman–Crippen MR) is 244 cm³/mol. The van der Waals surface area contributed by atoms with Crippen molar-refractivity contribution in [2.24, 2.45) is 11.3 Å². The van der Waals surface area contributed by atoms with Gasteiger partial charge in [0.1, 0.15) is 0 Å². The first-order valence-corrected chi connectivity index (χ1v) is 20.2. The second-order valence-corrected chi connectivity index (χ2v) is 17.0. The first-order chi connectivity index (χ1) is 24.5. The largest absolute Gasteiger partial charge is 0.358 e. The predicted octanol–water partition coefficient (Wildman–Crippen LogP) is 15.0. The Bertz CT molecular complexity index is 1880. The molecule has 2 aliphatic carbocycles. The minimum absolute atomic E-state index is 0. The Balaban J connectivity index is 0.000000569. The van der Waals surface area contributed by atoms with Crippen LogP contribution in [0.15, 0.2) is 121 Å². The molecule has 292 valence electrons. The summed E-state index contributed by atoms with van der Waals surface area (Å²) < 4.78 is 3.34. The van der Waals surface area contributed by atoms with Crippen molar-refractivity contribution >= 4 is 29.0 Å². The third-order valence-electron chi connectivity index (χ3n) is 9.51. The molecule has 0 fully saturated rings. The Labute approximate surface area is 363 Å². The monoisotopic (exact) mass is 846 g/mol. The van der Waals surface area contributed by atoms with Crippen LogP contribution < -0.4 is 0 Å². The molecule has 0 spiro atoms. The molecule has 2 aliphatic rings. The number of hydrogen-bond acceptors (Lipinski definition) is 0. The zero-order chi connectivity index (χ0) is 38.3. The number of allylic oxidation sites excluding steroid dienone is 4.